The molecule has 3 aromatic rings. The minimum Gasteiger partial charge on any atom is -0.494 e. The standard InChI is InChI=1S/C21H24N2O4/c1-23-20-16(13-22-23)9-14(10-17(20)24-2)7-6-8-15-11-18(25-3)21(27-5)19(12-15)26-4/h6,8-13H,7H2,1-5H3/b8-6-. The van der Waals surface area contributed by atoms with Crippen LogP contribution in [0.5, 0.6) is 23.0 Å². The summed E-state index contributed by atoms with van der Waals surface area (Å²) in [5, 5.41) is 5.37. The molecule has 0 N–H and O–H groups in total. The third kappa shape index (κ3) is 3.69. The molecule has 3 rings (SSSR count). The molecule has 0 amide bonds. The van der Waals surface area contributed by atoms with Crippen molar-refractivity contribution in [1.29, 1.82) is 0 Å². The van der Waals surface area contributed by atoms with Crippen molar-refractivity contribution >= 4 is 17.0 Å². The van der Waals surface area contributed by atoms with Crippen molar-refractivity contribution in [3.63, 3.8) is 0 Å². The molecule has 0 bridgehead atoms. The Bertz CT molecular complexity index is 951. The van der Waals surface area contributed by atoms with Crippen LogP contribution in [0.1, 0.15) is 11.1 Å². The molecule has 0 aliphatic carbocycles. The van der Waals surface area contributed by atoms with Gasteiger partial charge in [0, 0.05) is 12.4 Å². The summed E-state index contributed by atoms with van der Waals surface area (Å²) in [6, 6.07) is 8.01. The van der Waals surface area contributed by atoms with E-state index in [1.54, 1.807) is 28.4 Å². The van der Waals surface area contributed by atoms with Gasteiger partial charge in [-0.2, -0.15) is 5.10 Å². The minimum atomic E-state index is 0.587. The van der Waals surface area contributed by atoms with E-state index in [0.717, 1.165) is 34.2 Å². The Kier molecular flexibility index (Phi) is 5.54. The largest absolute Gasteiger partial charge is 0.494 e. The van der Waals surface area contributed by atoms with Crippen LogP contribution in [0.25, 0.3) is 17.0 Å². The van der Waals surface area contributed by atoms with Gasteiger partial charge in [-0.25, -0.2) is 0 Å². The fourth-order valence-corrected chi connectivity index (χ4v) is 3.14. The van der Waals surface area contributed by atoms with E-state index in [2.05, 4.69) is 17.2 Å². The lowest BCUT2D eigenvalue weighted by Gasteiger charge is -2.12. The number of ether oxygens (including phenoxy) is 4. The van der Waals surface area contributed by atoms with Gasteiger partial charge >= 0.3 is 0 Å². The first-order valence-corrected chi connectivity index (χ1v) is 8.56. The number of hydrogen-bond donors (Lipinski definition) is 0. The van der Waals surface area contributed by atoms with Crippen LogP contribution in [-0.2, 0) is 13.5 Å². The highest BCUT2D eigenvalue weighted by Gasteiger charge is 2.12. The first-order chi connectivity index (χ1) is 13.1. The van der Waals surface area contributed by atoms with Crippen LogP contribution in [0.15, 0.2) is 36.5 Å². The predicted molar refractivity (Wildman–Crippen MR) is 106 cm³/mol. The van der Waals surface area contributed by atoms with Crippen molar-refractivity contribution < 1.29 is 18.9 Å². The second kappa shape index (κ2) is 8.03. The Morgan fingerprint density at radius 3 is 2.15 bits per heavy atom. The lowest BCUT2D eigenvalue weighted by molar-refractivity contribution is 0.324. The van der Waals surface area contributed by atoms with Gasteiger partial charge < -0.3 is 18.9 Å². The highest BCUT2D eigenvalue weighted by atomic mass is 16.5. The maximum atomic E-state index is 5.53. The van der Waals surface area contributed by atoms with Gasteiger partial charge in [-0.1, -0.05) is 12.2 Å². The van der Waals surface area contributed by atoms with Gasteiger partial charge in [0.1, 0.15) is 11.3 Å². The lowest BCUT2D eigenvalue weighted by Crippen LogP contribution is -1.95. The highest BCUT2D eigenvalue weighted by molar-refractivity contribution is 5.85. The van der Waals surface area contributed by atoms with Crippen molar-refractivity contribution in [3.05, 3.63) is 47.7 Å². The Morgan fingerprint density at radius 2 is 1.56 bits per heavy atom. The van der Waals surface area contributed by atoms with Crippen molar-refractivity contribution in [2.24, 2.45) is 7.05 Å². The first kappa shape index (κ1) is 18.6. The van der Waals surface area contributed by atoms with Gasteiger partial charge in [0.15, 0.2) is 11.5 Å². The quantitative estimate of drug-likeness (QED) is 0.634. The molecular formula is C21H24N2O4. The molecule has 0 aliphatic heterocycles. The zero-order valence-corrected chi connectivity index (χ0v) is 16.3. The van der Waals surface area contributed by atoms with Gasteiger partial charge in [0.2, 0.25) is 5.75 Å². The summed E-state index contributed by atoms with van der Waals surface area (Å²) >= 11 is 0. The van der Waals surface area contributed by atoms with E-state index in [4.69, 9.17) is 18.9 Å². The molecule has 1 heterocycles. The SMILES string of the molecule is COc1cc(/C=C\Cc2cc(OC)c3c(cnn3C)c2)cc(OC)c1OC. The number of nitrogens with zero attached hydrogens (tertiary/aromatic N) is 2. The van der Waals surface area contributed by atoms with Crippen LogP contribution < -0.4 is 18.9 Å². The van der Waals surface area contributed by atoms with E-state index in [9.17, 15) is 0 Å². The van der Waals surface area contributed by atoms with Crippen LogP contribution in [0.2, 0.25) is 0 Å². The number of hydrogen-bond acceptors (Lipinski definition) is 5. The van der Waals surface area contributed by atoms with Crippen LogP contribution in [0.4, 0.5) is 0 Å². The summed E-state index contributed by atoms with van der Waals surface area (Å²) in [4.78, 5) is 0. The van der Waals surface area contributed by atoms with E-state index in [0.29, 0.717) is 17.2 Å². The highest BCUT2D eigenvalue weighted by Crippen LogP contribution is 2.38. The van der Waals surface area contributed by atoms with Crippen LogP contribution in [-0.4, -0.2) is 38.2 Å². The van der Waals surface area contributed by atoms with E-state index in [1.165, 1.54) is 0 Å². The topological polar surface area (TPSA) is 54.7 Å². The fourth-order valence-electron chi connectivity index (χ4n) is 3.14. The first-order valence-electron chi connectivity index (χ1n) is 8.56. The molecular weight excluding hydrogens is 344 g/mol. The fraction of sp³-hybridized carbons (Fsp3) is 0.286. The van der Waals surface area contributed by atoms with Crippen LogP contribution >= 0.6 is 0 Å². The number of fused-ring (bicyclic) bond motifs is 1. The third-order valence-electron chi connectivity index (χ3n) is 4.43. The lowest BCUT2D eigenvalue weighted by atomic mass is 10.1. The number of benzene rings is 2. The molecule has 0 unspecified atom stereocenters. The monoisotopic (exact) mass is 368 g/mol. The smallest absolute Gasteiger partial charge is 0.203 e. The molecule has 0 saturated heterocycles. The predicted octanol–water partition coefficient (Wildman–Crippen LogP) is 3.86. The zero-order chi connectivity index (χ0) is 19.4. The molecule has 0 fully saturated rings. The van der Waals surface area contributed by atoms with E-state index in [1.807, 2.05) is 42.2 Å². The molecule has 6 heteroatoms. The molecule has 6 nitrogen and oxygen atoms in total. The normalized spacial score (nSPS) is 11.1. The van der Waals surface area contributed by atoms with Gasteiger partial charge in [-0.05, 0) is 41.8 Å². The number of rotatable bonds is 7. The van der Waals surface area contributed by atoms with E-state index in [-0.39, 0.29) is 0 Å². The second-order valence-corrected chi connectivity index (χ2v) is 6.07. The summed E-state index contributed by atoms with van der Waals surface area (Å²) in [6.07, 6.45) is 6.74. The van der Waals surface area contributed by atoms with Crippen molar-refractivity contribution in [3.8, 4) is 23.0 Å². The Hall–Kier alpha value is -3.15. The number of allylic oxidation sites excluding steroid dienone is 1. The Morgan fingerprint density at radius 1 is 0.889 bits per heavy atom. The molecule has 0 spiro atoms. The average molecular weight is 368 g/mol. The van der Waals surface area contributed by atoms with Gasteiger partial charge in [0.25, 0.3) is 0 Å². The maximum Gasteiger partial charge on any atom is 0.203 e. The number of aromatic nitrogens is 2. The maximum absolute atomic E-state index is 5.53. The third-order valence-corrected chi connectivity index (χ3v) is 4.43. The number of aryl methyl sites for hydroxylation is 1. The van der Waals surface area contributed by atoms with Crippen LogP contribution in [0, 0.1) is 0 Å². The molecule has 0 atom stereocenters. The van der Waals surface area contributed by atoms with Gasteiger partial charge in [0.05, 0.1) is 34.6 Å². The van der Waals surface area contributed by atoms with Crippen molar-refractivity contribution in [2.45, 2.75) is 6.42 Å². The summed E-state index contributed by atoms with van der Waals surface area (Å²) in [6.45, 7) is 0. The molecule has 1 aromatic heterocycles. The summed E-state index contributed by atoms with van der Waals surface area (Å²) in [5.74, 6) is 2.68. The number of methoxy groups -OCH3 is 4. The summed E-state index contributed by atoms with van der Waals surface area (Å²) < 4.78 is 23.5. The summed E-state index contributed by atoms with van der Waals surface area (Å²) in [7, 11) is 8.41. The molecule has 27 heavy (non-hydrogen) atoms. The minimum absolute atomic E-state index is 0.587. The molecule has 0 aliphatic rings. The summed E-state index contributed by atoms with van der Waals surface area (Å²) in [5.41, 5.74) is 3.12. The van der Waals surface area contributed by atoms with Crippen LogP contribution in [0.3, 0.4) is 0 Å². The molecule has 142 valence electrons. The zero-order valence-electron chi connectivity index (χ0n) is 16.3. The van der Waals surface area contributed by atoms with Crippen molar-refractivity contribution in [1.82, 2.24) is 9.78 Å². The van der Waals surface area contributed by atoms with E-state index < -0.39 is 0 Å². The molecule has 0 saturated carbocycles. The molecule has 0 radical (unpaired) electrons. The molecule has 2 aromatic carbocycles. The van der Waals surface area contributed by atoms with Crippen molar-refractivity contribution in [2.75, 3.05) is 28.4 Å². The van der Waals surface area contributed by atoms with Gasteiger partial charge in [-0.3, -0.25) is 4.68 Å². The Labute approximate surface area is 158 Å². The second-order valence-electron chi connectivity index (χ2n) is 6.07. The Balaban J connectivity index is 1.86. The van der Waals surface area contributed by atoms with Gasteiger partial charge in [-0.15, -0.1) is 0 Å². The average Bonchev–Trinajstić information content (AvgIpc) is 3.07. The van der Waals surface area contributed by atoms with E-state index >= 15 is 0 Å².